The second-order valence-corrected chi connectivity index (χ2v) is 4.87. The lowest BCUT2D eigenvalue weighted by Gasteiger charge is -2.19. The molecular formula is C12H16BrNO. The first kappa shape index (κ1) is 12.2. The number of rotatable bonds is 3. The van der Waals surface area contributed by atoms with Crippen LogP contribution in [0.25, 0.3) is 0 Å². The number of primary amides is 1. The van der Waals surface area contributed by atoms with Gasteiger partial charge in [-0.15, -0.1) is 0 Å². The smallest absolute Gasteiger partial charge is 0.231 e. The van der Waals surface area contributed by atoms with Crippen LogP contribution in [0.1, 0.15) is 29.5 Å². The standard InChI is InChI=1S/C12H16BrNO/c1-7-5-4-6-10(8(7)2)9(3)11(13)12(14)15/h4-6,9,11H,1-3H3,(H2,14,15). The molecule has 1 aromatic rings. The van der Waals surface area contributed by atoms with E-state index in [1.54, 1.807) is 0 Å². The molecule has 0 spiro atoms. The zero-order valence-corrected chi connectivity index (χ0v) is 10.8. The van der Waals surface area contributed by atoms with Crippen molar-refractivity contribution in [3.63, 3.8) is 0 Å². The summed E-state index contributed by atoms with van der Waals surface area (Å²) in [5, 5.41) is 0. The molecule has 2 N–H and O–H groups in total. The lowest BCUT2D eigenvalue weighted by atomic mass is 9.91. The number of nitrogens with two attached hydrogens (primary N) is 1. The molecule has 82 valence electrons. The topological polar surface area (TPSA) is 43.1 Å². The molecule has 0 aromatic heterocycles. The fourth-order valence-corrected chi connectivity index (χ4v) is 1.96. The van der Waals surface area contributed by atoms with E-state index >= 15 is 0 Å². The Balaban J connectivity index is 3.06. The van der Waals surface area contributed by atoms with Crippen molar-refractivity contribution in [3.05, 3.63) is 34.9 Å². The monoisotopic (exact) mass is 269 g/mol. The molecule has 0 heterocycles. The number of alkyl halides is 1. The summed E-state index contributed by atoms with van der Waals surface area (Å²) in [6.07, 6.45) is 0. The Hall–Kier alpha value is -0.830. The quantitative estimate of drug-likeness (QED) is 0.843. The van der Waals surface area contributed by atoms with Gasteiger partial charge in [0, 0.05) is 5.92 Å². The Bertz CT molecular complexity index is 376. The van der Waals surface area contributed by atoms with Crippen LogP contribution in [0.2, 0.25) is 0 Å². The van der Waals surface area contributed by atoms with E-state index in [0.29, 0.717) is 0 Å². The third kappa shape index (κ3) is 2.59. The summed E-state index contributed by atoms with van der Waals surface area (Å²) in [7, 11) is 0. The van der Waals surface area contributed by atoms with Crippen LogP contribution < -0.4 is 5.73 Å². The highest BCUT2D eigenvalue weighted by Crippen LogP contribution is 2.28. The maximum Gasteiger partial charge on any atom is 0.231 e. The third-order valence-corrected chi connectivity index (χ3v) is 4.09. The maximum absolute atomic E-state index is 11.1. The van der Waals surface area contributed by atoms with Crippen LogP contribution in [0.4, 0.5) is 0 Å². The van der Waals surface area contributed by atoms with Crippen molar-refractivity contribution in [2.24, 2.45) is 5.73 Å². The number of aryl methyl sites for hydroxylation is 1. The van der Waals surface area contributed by atoms with Gasteiger partial charge < -0.3 is 5.73 Å². The minimum Gasteiger partial charge on any atom is -0.369 e. The van der Waals surface area contributed by atoms with E-state index in [1.165, 1.54) is 16.7 Å². The first-order valence-corrected chi connectivity index (χ1v) is 5.86. The van der Waals surface area contributed by atoms with E-state index in [4.69, 9.17) is 5.73 Å². The average molecular weight is 270 g/mol. The maximum atomic E-state index is 11.1. The lowest BCUT2D eigenvalue weighted by Crippen LogP contribution is -2.28. The third-order valence-electron chi connectivity index (χ3n) is 2.85. The van der Waals surface area contributed by atoms with E-state index in [-0.39, 0.29) is 16.7 Å². The summed E-state index contributed by atoms with van der Waals surface area (Å²) in [6, 6.07) is 6.12. The largest absolute Gasteiger partial charge is 0.369 e. The molecule has 1 aromatic carbocycles. The highest BCUT2D eigenvalue weighted by molar-refractivity contribution is 9.10. The Morgan fingerprint density at radius 1 is 1.40 bits per heavy atom. The van der Waals surface area contributed by atoms with Crippen LogP contribution in [0.5, 0.6) is 0 Å². The molecule has 2 unspecified atom stereocenters. The van der Waals surface area contributed by atoms with Gasteiger partial charge in [-0.3, -0.25) is 4.79 Å². The number of hydrogen-bond donors (Lipinski definition) is 1. The van der Waals surface area contributed by atoms with Gasteiger partial charge in [-0.1, -0.05) is 41.1 Å². The van der Waals surface area contributed by atoms with Crippen molar-refractivity contribution in [2.75, 3.05) is 0 Å². The van der Waals surface area contributed by atoms with Gasteiger partial charge in [0.2, 0.25) is 5.91 Å². The van der Waals surface area contributed by atoms with Gasteiger partial charge in [0.25, 0.3) is 0 Å². The Morgan fingerprint density at radius 2 is 2.00 bits per heavy atom. The predicted molar refractivity (Wildman–Crippen MR) is 66.2 cm³/mol. The van der Waals surface area contributed by atoms with Crippen LogP contribution >= 0.6 is 15.9 Å². The SMILES string of the molecule is Cc1cccc(C(C)C(Br)C(N)=O)c1C. The number of halogens is 1. The van der Waals surface area contributed by atoms with Crippen LogP contribution in [0, 0.1) is 13.8 Å². The second kappa shape index (κ2) is 4.79. The van der Waals surface area contributed by atoms with Crippen molar-refractivity contribution in [1.29, 1.82) is 0 Å². The highest BCUT2D eigenvalue weighted by Gasteiger charge is 2.22. The van der Waals surface area contributed by atoms with Crippen molar-refractivity contribution in [2.45, 2.75) is 31.5 Å². The molecule has 3 heteroatoms. The summed E-state index contributed by atoms with van der Waals surface area (Å²) in [5.74, 6) is -0.217. The van der Waals surface area contributed by atoms with E-state index in [2.05, 4.69) is 35.8 Å². The molecule has 2 atom stereocenters. The Morgan fingerprint density at radius 3 is 2.53 bits per heavy atom. The minimum absolute atomic E-state index is 0.0994. The van der Waals surface area contributed by atoms with Crippen molar-refractivity contribution >= 4 is 21.8 Å². The van der Waals surface area contributed by atoms with Gasteiger partial charge in [-0.2, -0.15) is 0 Å². The van der Waals surface area contributed by atoms with Gasteiger partial charge in [0.15, 0.2) is 0 Å². The van der Waals surface area contributed by atoms with Gasteiger partial charge in [0.05, 0.1) is 4.83 Å². The predicted octanol–water partition coefficient (Wildman–Crippen LogP) is 2.66. The minimum atomic E-state index is -0.316. The number of carbonyl (C=O) groups excluding carboxylic acids is 1. The van der Waals surface area contributed by atoms with Crippen LogP contribution in [-0.2, 0) is 4.79 Å². The van der Waals surface area contributed by atoms with E-state index < -0.39 is 0 Å². The summed E-state index contributed by atoms with van der Waals surface area (Å²) in [5.41, 5.74) is 8.92. The lowest BCUT2D eigenvalue weighted by molar-refractivity contribution is -0.117. The summed E-state index contributed by atoms with van der Waals surface area (Å²) in [6.45, 7) is 6.15. The Kier molecular flexibility index (Phi) is 3.91. The van der Waals surface area contributed by atoms with Crippen molar-refractivity contribution in [1.82, 2.24) is 0 Å². The van der Waals surface area contributed by atoms with E-state index in [1.807, 2.05) is 19.1 Å². The molecule has 15 heavy (non-hydrogen) atoms. The Labute approximate surface area is 99.0 Å². The molecule has 0 bridgehead atoms. The molecule has 0 aliphatic heterocycles. The van der Waals surface area contributed by atoms with E-state index in [0.717, 1.165) is 0 Å². The van der Waals surface area contributed by atoms with Crippen LogP contribution in [-0.4, -0.2) is 10.7 Å². The summed E-state index contributed by atoms with van der Waals surface area (Å²) >= 11 is 3.33. The zero-order valence-electron chi connectivity index (χ0n) is 9.25. The normalized spacial score (nSPS) is 14.7. The molecule has 0 fully saturated rings. The van der Waals surface area contributed by atoms with E-state index in [9.17, 15) is 4.79 Å². The first-order chi connectivity index (χ1) is 6.95. The molecule has 0 saturated heterocycles. The number of hydrogen-bond acceptors (Lipinski definition) is 1. The highest BCUT2D eigenvalue weighted by atomic mass is 79.9. The molecule has 1 amide bonds. The first-order valence-electron chi connectivity index (χ1n) is 4.94. The van der Waals surface area contributed by atoms with Crippen LogP contribution in [0.3, 0.4) is 0 Å². The molecule has 0 aliphatic carbocycles. The average Bonchev–Trinajstić information content (AvgIpc) is 2.20. The summed E-state index contributed by atoms with van der Waals surface area (Å²) in [4.78, 5) is 10.8. The van der Waals surface area contributed by atoms with Gasteiger partial charge >= 0.3 is 0 Å². The zero-order chi connectivity index (χ0) is 11.6. The van der Waals surface area contributed by atoms with Gasteiger partial charge in [-0.05, 0) is 30.5 Å². The van der Waals surface area contributed by atoms with Crippen LogP contribution in [0.15, 0.2) is 18.2 Å². The number of amides is 1. The molecule has 0 saturated carbocycles. The fourth-order valence-electron chi connectivity index (χ4n) is 1.67. The summed E-state index contributed by atoms with van der Waals surface area (Å²) < 4.78 is 0. The van der Waals surface area contributed by atoms with Gasteiger partial charge in [0.1, 0.15) is 0 Å². The molecular weight excluding hydrogens is 254 g/mol. The second-order valence-electron chi connectivity index (χ2n) is 3.88. The molecule has 1 rings (SSSR count). The van der Waals surface area contributed by atoms with Crippen molar-refractivity contribution < 1.29 is 4.79 Å². The molecule has 2 nitrogen and oxygen atoms in total. The fraction of sp³-hybridized carbons (Fsp3) is 0.417. The number of benzene rings is 1. The van der Waals surface area contributed by atoms with Crippen molar-refractivity contribution in [3.8, 4) is 0 Å². The van der Waals surface area contributed by atoms with Gasteiger partial charge in [-0.25, -0.2) is 0 Å². The number of carbonyl (C=O) groups is 1. The molecule has 0 radical (unpaired) electrons. The molecule has 0 aliphatic rings.